The number of ether oxygens (including phenoxy) is 2. The molecule has 4 rings (SSSR count). The summed E-state index contributed by atoms with van der Waals surface area (Å²) in [6, 6.07) is 10.7. The second kappa shape index (κ2) is 13.8. The van der Waals surface area contributed by atoms with Gasteiger partial charge in [-0.1, -0.05) is 62.2 Å². The van der Waals surface area contributed by atoms with E-state index in [2.05, 4.69) is 17.2 Å². The molecule has 0 radical (unpaired) electrons. The van der Waals surface area contributed by atoms with E-state index in [0.29, 0.717) is 18.5 Å². The number of fused-ring (bicyclic) bond motifs is 1. The Labute approximate surface area is 248 Å². The zero-order valence-electron chi connectivity index (χ0n) is 23.6. The maximum Gasteiger partial charge on any atom is 0.251 e. The summed E-state index contributed by atoms with van der Waals surface area (Å²) >= 11 is 6.56. The summed E-state index contributed by atoms with van der Waals surface area (Å²) in [5.74, 6) is -3.79. The molecule has 3 atom stereocenters. The Balaban J connectivity index is 1.91. The largest absolute Gasteiger partial charge is 0.480 e. The molecule has 2 heterocycles. The van der Waals surface area contributed by atoms with Crippen molar-refractivity contribution < 1.29 is 33.3 Å². The number of pyridine rings is 1. The number of carbonyl (C=O) groups is 1. The van der Waals surface area contributed by atoms with Crippen molar-refractivity contribution in [1.82, 2.24) is 10.3 Å². The highest BCUT2D eigenvalue weighted by atomic mass is 35.5. The minimum absolute atomic E-state index is 0.0783. The van der Waals surface area contributed by atoms with E-state index in [-0.39, 0.29) is 41.7 Å². The maximum absolute atomic E-state index is 16.1. The number of aliphatic hydroxyl groups is 2. The molecule has 8 nitrogen and oxygen atoms in total. The van der Waals surface area contributed by atoms with Gasteiger partial charge in [-0.05, 0) is 24.8 Å². The summed E-state index contributed by atoms with van der Waals surface area (Å²) in [4.78, 5) is 16.3. The molecule has 0 spiro atoms. The molecule has 0 saturated heterocycles. The molecule has 1 aromatic heterocycles. The lowest BCUT2D eigenvalue weighted by atomic mass is 9.77. The van der Waals surface area contributed by atoms with E-state index in [1.54, 1.807) is 0 Å². The highest BCUT2D eigenvalue weighted by Gasteiger charge is 2.50. The van der Waals surface area contributed by atoms with Crippen molar-refractivity contribution >= 4 is 17.5 Å². The number of primary amides is 1. The topological polar surface area (TPSA) is 127 Å². The summed E-state index contributed by atoms with van der Waals surface area (Å²) in [5, 5.41) is 21.8. The third kappa shape index (κ3) is 6.08. The fourth-order valence-corrected chi connectivity index (χ4v) is 5.94. The van der Waals surface area contributed by atoms with Gasteiger partial charge in [-0.15, -0.1) is 0 Å². The van der Waals surface area contributed by atoms with Gasteiger partial charge in [0.1, 0.15) is 18.2 Å². The summed E-state index contributed by atoms with van der Waals surface area (Å²) in [6.07, 6.45) is 4.24. The predicted octanol–water partition coefficient (Wildman–Crippen LogP) is 5.07. The number of nitrogens with two attached hydrogens (primary N) is 1. The van der Waals surface area contributed by atoms with Crippen molar-refractivity contribution in [3.63, 3.8) is 0 Å². The first-order chi connectivity index (χ1) is 20.2. The van der Waals surface area contributed by atoms with Gasteiger partial charge in [0, 0.05) is 54.1 Å². The van der Waals surface area contributed by atoms with E-state index in [9.17, 15) is 15.0 Å². The number of aliphatic hydroxyl groups excluding tert-OH is 2. The minimum Gasteiger partial charge on any atom is -0.480 e. The van der Waals surface area contributed by atoms with Gasteiger partial charge >= 0.3 is 0 Å². The maximum atomic E-state index is 16.1. The smallest absolute Gasteiger partial charge is 0.251 e. The van der Waals surface area contributed by atoms with Crippen LogP contribution in [0.3, 0.4) is 0 Å². The van der Waals surface area contributed by atoms with Crippen LogP contribution >= 0.6 is 11.6 Å². The van der Waals surface area contributed by atoms with Crippen molar-refractivity contribution in [2.24, 2.45) is 5.73 Å². The van der Waals surface area contributed by atoms with E-state index in [4.69, 9.17) is 26.8 Å². The Bertz CT molecular complexity index is 1410. The summed E-state index contributed by atoms with van der Waals surface area (Å²) in [5.41, 5.74) is 5.00. The molecule has 11 heteroatoms. The van der Waals surface area contributed by atoms with Gasteiger partial charge in [0.2, 0.25) is 0 Å². The van der Waals surface area contributed by atoms with Crippen molar-refractivity contribution in [3.05, 3.63) is 75.9 Å². The third-order valence-electron chi connectivity index (χ3n) is 7.74. The number of hydrogen-bond acceptors (Lipinski definition) is 7. The van der Waals surface area contributed by atoms with Gasteiger partial charge in [0.25, 0.3) is 11.8 Å². The molecular formula is C31H36ClF2N3O5. The molecule has 3 aromatic rings. The molecule has 0 saturated carbocycles. The Morgan fingerprint density at radius 3 is 2.60 bits per heavy atom. The van der Waals surface area contributed by atoms with Gasteiger partial charge in [0.05, 0.1) is 17.2 Å². The number of nitrogens with one attached hydrogen (secondary N) is 1. The monoisotopic (exact) mass is 603 g/mol. The molecule has 42 heavy (non-hydrogen) atoms. The molecule has 1 aliphatic rings. The number of hydrogen-bond donors (Lipinski definition) is 4. The molecule has 1 aliphatic heterocycles. The Hall–Kier alpha value is -3.31. The summed E-state index contributed by atoms with van der Waals surface area (Å²) in [6.45, 7) is 3.70. The number of aromatic nitrogens is 1. The van der Waals surface area contributed by atoms with Crippen LogP contribution in [0.4, 0.5) is 8.78 Å². The highest BCUT2D eigenvalue weighted by molar-refractivity contribution is 6.34. The zero-order valence-corrected chi connectivity index (χ0v) is 24.4. The molecule has 5 N–H and O–H groups in total. The predicted molar refractivity (Wildman–Crippen MR) is 156 cm³/mol. The number of benzene rings is 2. The van der Waals surface area contributed by atoms with E-state index in [1.807, 2.05) is 37.3 Å². The average Bonchev–Trinajstić information content (AvgIpc) is 3.26. The Kier molecular flexibility index (Phi) is 10.4. The first-order valence-electron chi connectivity index (χ1n) is 14.0. The molecule has 1 amide bonds. The molecule has 0 unspecified atom stereocenters. The number of halogens is 3. The van der Waals surface area contributed by atoms with Crippen molar-refractivity contribution in [1.29, 1.82) is 0 Å². The molecule has 0 bridgehead atoms. The highest BCUT2D eigenvalue weighted by Crippen LogP contribution is 2.56. The number of rotatable bonds is 14. The van der Waals surface area contributed by atoms with Crippen LogP contribution in [-0.2, 0) is 5.60 Å². The first kappa shape index (κ1) is 31.6. The van der Waals surface area contributed by atoms with E-state index in [0.717, 1.165) is 31.0 Å². The third-order valence-corrected chi connectivity index (χ3v) is 8.11. The van der Waals surface area contributed by atoms with E-state index >= 15 is 8.78 Å². The molecule has 2 aromatic carbocycles. The Morgan fingerprint density at radius 1 is 1.21 bits per heavy atom. The first-order valence-corrected chi connectivity index (χ1v) is 14.4. The number of nitrogens with zero attached hydrogens (tertiary/aromatic N) is 1. The van der Waals surface area contributed by atoms with Crippen LogP contribution in [0.1, 0.15) is 66.9 Å². The lowest BCUT2D eigenvalue weighted by molar-refractivity contribution is 0.0650. The fraction of sp³-hybridized carbons (Fsp3) is 0.419. The molecule has 226 valence electrons. The summed E-state index contributed by atoms with van der Waals surface area (Å²) in [7, 11) is 0. The van der Waals surface area contributed by atoms with Gasteiger partial charge in [-0.25, -0.2) is 13.8 Å². The van der Waals surface area contributed by atoms with E-state index < -0.39 is 46.6 Å². The fourth-order valence-electron chi connectivity index (χ4n) is 5.69. The van der Waals surface area contributed by atoms with Gasteiger partial charge in [0.15, 0.2) is 11.4 Å². The van der Waals surface area contributed by atoms with Crippen molar-refractivity contribution in [3.8, 4) is 22.8 Å². The molecular weight excluding hydrogens is 568 g/mol. The summed E-state index contributed by atoms with van der Waals surface area (Å²) < 4.78 is 43.4. The number of carbonyl (C=O) groups excluding carboxylic acids is 1. The lowest BCUT2D eigenvalue weighted by Gasteiger charge is -2.36. The number of amides is 1. The normalized spacial score (nSPS) is 18.4. The quantitative estimate of drug-likeness (QED) is 0.203. The van der Waals surface area contributed by atoms with Crippen LogP contribution in [0.15, 0.2) is 42.6 Å². The minimum atomic E-state index is -1.07. The molecule has 0 fully saturated rings. The van der Waals surface area contributed by atoms with Gasteiger partial charge < -0.3 is 30.7 Å². The van der Waals surface area contributed by atoms with Crippen LogP contribution < -0.4 is 20.5 Å². The zero-order chi connectivity index (χ0) is 30.4. The van der Waals surface area contributed by atoms with E-state index in [1.165, 1.54) is 6.07 Å². The van der Waals surface area contributed by atoms with Crippen LogP contribution in [-0.4, -0.2) is 53.5 Å². The van der Waals surface area contributed by atoms with Gasteiger partial charge in [-0.3, -0.25) is 4.79 Å². The van der Waals surface area contributed by atoms with Crippen LogP contribution in [0.25, 0.3) is 11.1 Å². The van der Waals surface area contributed by atoms with Crippen LogP contribution in [0.2, 0.25) is 5.02 Å². The standard InChI is InChI=1S/C31H36ClF2N3O5/c1-3-8-20(11-7-12-38)37-17-31(19-9-5-4-6-10-19)18(2)24-23(42-31)15-22(33)27(32)26(24)25-21(29(35)40)16-36-30(28(25)34)41-14-13-39/h4-6,9-10,15-16,18,20,37-39H,3,7-8,11-14,17H2,1-2H3,(H2,35,40)/t18-,20+,31-/m0/s1. The lowest BCUT2D eigenvalue weighted by Crippen LogP contribution is -2.47. The van der Waals surface area contributed by atoms with Crippen molar-refractivity contribution in [2.45, 2.75) is 57.1 Å². The average molecular weight is 604 g/mol. The van der Waals surface area contributed by atoms with Crippen LogP contribution in [0, 0.1) is 11.6 Å². The van der Waals surface area contributed by atoms with Crippen LogP contribution in [0.5, 0.6) is 11.6 Å². The molecule has 0 aliphatic carbocycles. The Morgan fingerprint density at radius 2 is 1.95 bits per heavy atom. The van der Waals surface area contributed by atoms with Gasteiger partial charge in [-0.2, -0.15) is 0 Å². The second-order valence-corrected chi connectivity index (χ2v) is 10.8. The SMILES string of the molecule is CCC[C@H](CCCO)NC[C@]1(c2ccccc2)Oc2cc(F)c(Cl)c(-c3c(C(N)=O)cnc(OCCO)c3F)c2[C@@H]1C. The second-order valence-electron chi connectivity index (χ2n) is 10.4. The van der Waals surface area contributed by atoms with Crippen molar-refractivity contribution in [2.75, 3.05) is 26.4 Å².